The van der Waals surface area contributed by atoms with Gasteiger partial charge in [0.1, 0.15) is 0 Å². The first-order chi connectivity index (χ1) is 9.24. The Morgan fingerprint density at radius 3 is 2.95 bits per heavy atom. The predicted octanol–water partition coefficient (Wildman–Crippen LogP) is 2.80. The van der Waals surface area contributed by atoms with E-state index < -0.39 is 0 Å². The Kier molecular flexibility index (Phi) is 3.08. The van der Waals surface area contributed by atoms with Crippen LogP contribution in [0, 0.1) is 6.92 Å². The largest absolute Gasteiger partial charge is 0.416 e. The maximum Gasteiger partial charge on any atom is 0.276 e. The molecule has 0 bridgehead atoms. The summed E-state index contributed by atoms with van der Waals surface area (Å²) < 4.78 is 5.34. The highest BCUT2D eigenvalue weighted by molar-refractivity contribution is 7.98. The van der Waals surface area contributed by atoms with Gasteiger partial charge in [-0.05, 0) is 23.8 Å². The van der Waals surface area contributed by atoms with Crippen molar-refractivity contribution >= 4 is 28.4 Å². The zero-order valence-corrected chi connectivity index (χ0v) is 11.1. The van der Waals surface area contributed by atoms with E-state index in [9.17, 15) is 0 Å². The van der Waals surface area contributed by atoms with Crippen LogP contribution in [0.25, 0.3) is 10.9 Å². The molecule has 0 aliphatic rings. The van der Waals surface area contributed by atoms with E-state index in [0.717, 1.165) is 27.9 Å². The fourth-order valence-corrected chi connectivity index (χ4v) is 2.64. The number of hydrogen-bond donors (Lipinski definition) is 1. The lowest BCUT2D eigenvalue weighted by Crippen LogP contribution is -1.92. The molecule has 3 aromatic rings. The lowest BCUT2D eigenvalue weighted by molar-refractivity contribution is 0.429. The van der Waals surface area contributed by atoms with E-state index >= 15 is 0 Å². The van der Waals surface area contributed by atoms with Crippen molar-refractivity contribution in [2.75, 3.05) is 5.73 Å². The molecule has 5 nitrogen and oxygen atoms in total. The van der Waals surface area contributed by atoms with Gasteiger partial charge in [-0.25, -0.2) is 0 Å². The predicted molar refractivity (Wildman–Crippen MR) is 74.8 cm³/mol. The van der Waals surface area contributed by atoms with Gasteiger partial charge in [0.2, 0.25) is 5.89 Å². The number of thioether (sulfide) groups is 1. The van der Waals surface area contributed by atoms with Crippen molar-refractivity contribution in [3.8, 4) is 0 Å². The highest BCUT2D eigenvalue weighted by Gasteiger charge is 2.08. The normalized spacial score (nSPS) is 11.0. The van der Waals surface area contributed by atoms with Crippen LogP contribution in [0.5, 0.6) is 0 Å². The van der Waals surface area contributed by atoms with Crippen LogP contribution < -0.4 is 5.73 Å². The summed E-state index contributed by atoms with van der Waals surface area (Å²) in [6.45, 7) is 1.78. The summed E-state index contributed by atoms with van der Waals surface area (Å²) in [5, 5.41) is 9.30. The Bertz CT molecular complexity index is 725. The molecule has 2 N–H and O–H groups in total. The Morgan fingerprint density at radius 1 is 1.26 bits per heavy atom. The maximum atomic E-state index is 5.95. The van der Waals surface area contributed by atoms with Gasteiger partial charge in [0.25, 0.3) is 5.22 Å². The molecule has 1 aromatic carbocycles. The van der Waals surface area contributed by atoms with Gasteiger partial charge in [-0.2, -0.15) is 0 Å². The number of rotatable bonds is 3. The molecule has 6 heteroatoms. The highest BCUT2D eigenvalue weighted by Crippen LogP contribution is 2.28. The van der Waals surface area contributed by atoms with Crippen molar-refractivity contribution in [2.24, 2.45) is 0 Å². The third kappa shape index (κ3) is 2.39. The van der Waals surface area contributed by atoms with Crippen LogP contribution in [0.2, 0.25) is 0 Å². The number of pyridine rings is 1. The van der Waals surface area contributed by atoms with Crippen LogP contribution in [0.3, 0.4) is 0 Å². The zero-order chi connectivity index (χ0) is 13.2. The van der Waals surface area contributed by atoms with Crippen molar-refractivity contribution < 1.29 is 4.42 Å². The molecule has 0 saturated carbocycles. The summed E-state index contributed by atoms with van der Waals surface area (Å²) in [4.78, 5) is 4.40. The molecule has 2 heterocycles. The summed E-state index contributed by atoms with van der Waals surface area (Å²) in [7, 11) is 0. The number of fused-ring (bicyclic) bond motifs is 1. The molecule has 0 spiro atoms. The van der Waals surface area contributed by atoms with Crippen LogP contribution in [0.15, 0.2) is 40.1 Å². The molecule has 96 valence electrons. The third-order valence-electron chi connectivity index (χ3n) is 2.75. The first-order valence-corrected chi connectivity index (χ1v) is 6.77. The van der Waals surface area contributed by atoms with E-state index in [-0.39, 0.29) is 0 Å². The van der Waals surface area contributed by atoms with Gasteiger partial charge in [0, 0.05) is 29.9 Å². The first-order valence-electron chi connectivity index (χ1n) is 5.79. The van der Waals surface area contributed by atoms with Gasteiger partial charge in [0.15, 0.2) is 0 Å². The number of hydrogen-bond acceptors (Lipinski definition) is 6. The van der Waals surface area contributed by atoms with E-state index in [1.165, 1.54) is 11.8 Å². The Balaban J connectivity index is 1.91. The van der Waals surface area contributed by atoms with Crippen molar-refractivity contribution in [3.05, 3.63) is 41.9 Å². The molecule has 0 saturated heterocycles. The molecule has 3 rings (SSSR count). The number of anilines is 1. The number of aromatic nitrogens is 3. The molecular formula is C13H12N4OS. The summed E-state index contributed by atoms with van der Waals surface area (Å²) in [5.41, 5.74) is 8.71. The van der Waals surface area contributed by atoms with Crippen molar-refractivity contribution in [1.29, 1.82) is 0 Å². The number of nitrogens with two attached hydrogens (primary N) is 1. The highest BCUT2D eigenvalue weighted by atomic mass is 32.2. The SMILES string of the molecule is Cc1nnc(SCc2ccc(N)c3cccnc23)o1. The van der Waals surface area contributed by atoms with Crippen LogP contribution in [0.4, 0.5) is 5.69 Å². The summed E-state index contributed by atoms with van der Waals surface area (Å²) in [5.74, 6) is 1.29. The number of nitrogen functional groups attached to an aromatic ring is 1. The second-order valence-electron chi connectivity index (χ2n) is 4.09. The van der Waals surface area contributed by atoms with E-state index in [4.69, 9.17) is 10.2 Å². The number of benzene rings is 1. The Hall–Kier alpha value is -2.08. The molecule has 0 aliphatic heterocycles. The number of aryl methyl sites for hydroxylation is 1. The molecule has 0 atom stereocenters. The molecule has 0 amide bonds. The first kappa shape index (κ1) is 12.0. The topological polar surface area (TPSA) is 77.8 Å². The van der Waals surface area contributed by atoms with Crippen molar-refractivity contribution in [3.63, 3.8) is 0 Å². The lowest BCUT2D eigenvalue weighted by Gasteiger charge is -2.06. The second-order valence-corrected chi connectivity index (χ2v) is 5.02. The van der Waals surface area contributed by atoms with Crippen LogP contribution >= 0.6 is 11.8 Å². The fourth-order valence-electron chi connectivity index (χ4n) is 1.85. The summed E-state index contributed by atoms with van der Waals surface area (Å²) >= 11 is 1.49. The van der Waals surface area contributed by atoms with Gasteiger partial charge >= 0.3 is 0 Å². The van der Waals surface area contributed by atoms with E-state index in [1.807, 2.05) is 24.3 Å². The monoisotopic (exact) mass is 272 g/mol. The molecular weight excluding hydrogens is 260 g/mol. The van der Waals surface area contributed by atoms with Gasteiger partial charge < -0.3 is 10.2 Å². The smallest absolute Gasteiger partial charge is 0.276 e. The van der Waals surface area contributed by atoms with Gasteiger partial charge in [-0.3, -0.25) is 4.98 Å². The average molecular weight is 272 g/mol. The summed E-state index contributed by atoms with van der Waals surface area (Å²) in [6, 6.07) is 7.75. The third-order valence-corrected chi connectivity index (χ3v) is 3.61. The van der Waals surface area contributed by atoms with Crippen LogP contribution in [-0.4, -0.2) is 15.2 Å². The maximum absolute atomic E-state index is 5.95. The Labute approximate surface area is 114 Å². The van der Waals surface area contributed by atoms with Gasteiger partial charge in [-0.15, -0.1) is 10.2 Å². The zero-order valence-electron chi connectivity index (χ0n) is 10.3. The van der Waals surface area contributed by atoms with Gasteiger partial charge in [-0.1, -0.05) is 17.8 Å². The minimum absolute atomic E-state index is 0.568. The minimum atomic E-state index is 0.568. The van der Waals surface area contributed by atoms with Crippen molar-refractivity contribution in [2.45, 2.75) is 17.9 Å². The standard InChI is InChI=1S/C13H12N4OS/c1-8-16-17-13(18-8)19-7-9-4-5-11(14)10-3-2-6-15-12(9)10/h2-6H,7,14H2,1H3. The van der Waals surface area contributed by atoms with E-state index in [2.05, 4.69) is 15.2 Å². The van der Waals surface area contributed by atoms with E-state index in [0.29, 0.717) is 11.1 Å². The molecule has 0 aliphatic carbocycles. The van der Waals surface area contributed by atoms with Gasteiger partial charge in [0.05, 0.1) is 5.52 Å². The minimum Gasteiger partial charge on any atom is -0.416 e. The number of nitrogens with zero attached hydrogens (tertiary/aromatic N) is 3. The lowest BCUT2D eigenvalue weighted by atomic mass is 10.1. The molecule has 0 radical (unpaired) electrons. The van der Waals surface area contributed by atoms with Crippen molar-refractivity contribution in [1.82, 2.24) is 15.2 Å². The van der Waals surface area contributed by atoms with Crippen LogP contribution in [-0.2, 0) is 5.75 Å². The molecule has 0 unspecified atom stereocenters. The van der Waals surface area contributed by atoms with E-state index in [1.54, 1.807) is 13.1 Å². The Morgan fingerprint density at radius 2 is 2.16 bits per heavy atom. The average Bonchev–Trinajstić information content (AvgIpc) is 2.84. The molecule has 2 aromatic heterocycles. The summed E-state index contributed by atoms with van der Waals surface area (Å²) in [6.07, 6.45) is 1.77. The molecule has 19 heavy (non-hydrogen) atoms. The molecule has 0 fully saturated rings. The quantitative estimate of drug-likeness (QED) is 0.583. The second kappa shape index (κ2) is 4.89. The fraction of sp³-hybridized carbons (Fsp3) is 0.154. The van der Waals surface area contributed by atoms with Crippen LogP contribution in [0.1, 0.15) is 11.5 Å².